The molecule has 0 aliphatic heterocycles. The van der Waals surface area contributed by atoms with Crippen molar-refractivity contribution < 1.29 is 13.5 Å². The molecule has 1 rings (SSSR count). The predicted molar refractivity (Wildman–Crippen MR) is 63.2 cm³/mol. The lowest BCUT2D eigenvalue weighted by molar-refractivity contribution is 0.383. The summed E-state index contributed by atoms with van der Waals surface area (Å²) in [5.41, 5.74) is 11.2. The van der Waals surface area contributed by atoms with Crippen LogP contribution in [-0.4, -0.2) is 33.3 Å². The van der Waals surface area contributed by atoms with Crippen molar-refractivity contribution in [1.29, 1.82) is 0 Å². The molecule has 0 amide bonds. The number of methoxy groups -OCH3 is 1. The summed E-state index contributed by atoms with van der Waals surface area (Å²) in [6.07, 6.45) is 0. The zero-order valence-corrected chi connectivity index (χ0v) is 9.91. The number of nitrogens with two attached hydrogens (primary N) is 2. The van der Waals surface area contributed by atoms with Crippen molar-refractivity contribution in [2.75, 3.05) is 32.1 Å². The van der Waals surface area contributed by atoms with E-state index in [2.05, 4.69) is 4.74 Å². The van der Waals surface area contributed by atoms with Crippen molar-refractivity contribution >= 4 is 5.69 Å². The molecule has 4 nitrogen and oxygen atoms in total. The molecule has 1 unspecified atom stereocenters. The number of anilines is 1. The second-order valence-electron chi connectivity index (χ2n) is 3.81. The minimum absolute atomic E-state index is 0.122. The molecule has 4 N–H and O–H groups in total. The van der Waals surface area contributed by atoms with E-state index in [0.29, 0.717) is 6.54 Å². The smallest absolute Gasteiger partial charge is 0.167 e. The first kappa shape index (κ1) is 13.7. The Morgan fingerprint density at radius 2 is 2.00 bits per heavy atom. The number of nitrogens with zero attached hydrogens (tertiary/aromatic N) is 1. The third-order valence-corrected chi connectivity index (χ3v) is 2.44. The second-order valence-corrected chi connectivity index (χ2v) is 3.81. The number of benzene rings is 1. The highest BCUT2D eigenvalue weighted by Crippen LogP contribution is 2.26. The SMILES string of the molecule is COc1cc(F)c(N(C)CC(N)CN)cc1F. The zero-order chi connectivity index (χ0) is 13.0. The average Bonchev–Trinajstić information content (AvgIpc) is 2.31. The van der Waals surface area contributed by atoms with Crippen LogP contribution in [0.1, 0.15) is 0 Å². The van der Waals surface area contributed by atoms with E-state index in [1.165, 1.54) is 12.0 Å². The van der Waals surface area contributed by atoms with Crippen molar-refractivity contribution in [1.82, 2.24) is 0 Å². The summed E-state index contributed by atoms with van der Waals surface area (Å²) >= 11 is 0. The molecule has 0 radical (unpaired) electrons. The van der Waals surface area contributed by atoms with Crippen molar-refractivity contribution in [3.8, 4) is 5.75 Å². The number of rotatable bonds is 5. The standard InChI is InChI=1S/C11H17F2N3O/c1-16(6-7(15)5-14)10-3-9(13)11(17-2)4-8(10)12/h3-4,7H,5-6,14-15H2,1-2H3. The van der Waals surface area contributed by atoms with Gasteiger partial charge in [0.2, 0.25) is 0 Å². The first-order chi connectivity index (χ1) is 7.99. The van der Waals surface area contributed by atoms with Gasteiger partial charge in [0, 0.05) is 38.3 Å². The molecule has 0 fully saturated rings. The van der Waals surface area contributed by atoms with Gasteiger partial charge in [-0.3, -0.25) is 0 Å². The van der Waals surface area contributed by atoms with Crippen LogP contribution in [0.15, 0.2) is 12.1 Å². The Morgan fingerprint density at radius 1 is 1.35 bits per heavy atom. The largest absolute Gasteiger partial charge is 0.494 e. The summed E-state index contributed by atoms with van der Waals surface area (Å²) in [5, 5.41) is 0. The summed E-state index contributed by atoms with van der Waals surface area (Å²) in [6, 6.07) is 1.80. The molecule has 0 bridgehead atoms. The maximum atomic E-state index is 13.7. The Balaban J connectivity index is 2.94. The highest BCUT2D eigenvalue weighted by atomic mass is 19.1. The molecule has 1 aromatic carbocycles. The Labute approximate surface area is 99.1 Å². The Hall–Kier alpha value is -1.40. The van der Waals surface area contributed by atoms with E-state index in [-0.39, 0.29) is 24.0 Å². The van der Waals surface area contributed by atoms with E-state index in [1.807, 2.05) is 0 Å². The lowest BCUT2D eigenvalue weighted by atomic mass is 10.2. The molecular weight excluding hydrogens is 228 g/mol. The molecule has 0 aromatic heterocycles. The van der Waals surface area contributed by atoms with E-state index in [4.69, 9.17) is 11.5 Å². The van der Waals surface area contributed by atoms with Gasteiger partial charge in [0.05, 0.1) is 12.8 Å². The Bertz CT molecular complexity index is 387. The number of likely N-dealkylation sites (N-methyl/N-ethyl adjacent to an activating group) is 1. The maximum Gasteiger partial charge on any atom is 0.167 e. The normalized spacial score (nSPS) is 12.4. The van der Waals surface area contributed by atoms with Gasteiger partial charge in [0.15, 0.2) is 11.6 Å². The fourth-order valence-corrected chi connectivity index (χ4v) is 1.49. The van der Waals surface area contributed by atoms with Crippen LogP contribution in [0.25, 0.3) is 0 Å². The zero-order valence-electron chi connectivity index (χ0n) is 9.91. The molecule has 1 aromatic rings. The van der Waals surface area contributed by atoms with Crippen LogP contribution >= 0.6 is 0 Å². The molecule has 0 spiro atoms. The molecular formula is C11H17F2N3O. The first-order valence-corrected chi connectivity index (χ1v) is 5.19. The van der Waals surface area contributed by atoms with Crippen LogP contribution in [-0.2, 0) is 0 Å². The van der Waals surface area contributed by atoms with E-state index in [0.717, 1.165) is 12.1 Å². The molecule has 96 valence electrons. The van der Waals surface area contributed by atoms with Crippen molar-refractivity contribution in [3.63, 3.8) is 0 Å². The Kier molecular flexibility index (Phi) is 4.65. The van der Waals surface area contributed by atoms with Gasteiger partial charge in [0.1, 0.15) is 5.82 Å². The number of hydrogen-bond acceptors (Lipinski definition) is 4. The third-order valence-electron chi connectivity index (χ3n) is 2.44. The van der Waals surface area contributed by atoms with Crippen molar-refractivity contribution in [3.05, 3.63) is 23.8 Å². The van der Waals surface area contributed by atoms with Crippen LogP contribution in [0.5, 0.6) is 5.75 Å². The number of halogens is 2. The molecule has 0 aliphatic carbocycles. The molecule has 0 aliphatic rings. The van der Waals surface area contributed by atoms with Crippen molar-refractivity contribution in [2.45, 2.75) is 6.04 Å². The summed E-state index contributed by atoms with van der Waals surface area (Å²) in [5.74, 6) is -1.30. The summed E-state index contributed by atoms with van der Waals surface area (Å²) in [6.45, 7) is 0.629. The minimum atomic E-state index is -0.614. The number of hydrogen-bond donors (Lipinski definition) is 2. The van der Waals surface area contributed by atoms with Gasteiger partial charge in [-0.25, -0.2) is 8.78 Å². The van der Waals surface area contributed by atoms with E-state index in [1.54, 1.807) is 7.05 Å². The maximum absolute atomic E-state index is 13.7. The molecule has 0 heterocycles. The summed E-state index contributed by atoms with van der Waals surface area (Å²) < 4.78 is 31.8. The van der Waals surface area contributed by atoms with Gasteiger partial charge in [-0.05, 0) is 0 Å². The first-order valence-electron chi connectivity index (χ1n) is 5.19. The van der Waals surface area contributed by atoms with E-state index < -0.39 is 11.6 Å². The fourth-order valence-electron chi connectivity index (χ4n) is 1.49. The van der Waals surface area contributed by atoms with Crippen LogP contribution in [0.3, 0.4) is 0 Å². The van der Waals surface area contributed by atoms with Crippen LogP contribution in [0.2, 0.25) is 0 Å². The predicted octanol–water partition coefficient (Wildman–Crippen LogP) is 0.696. The molecule has 6 heteroatoms. The van der Waals surface area contributed by atoms with Crippen LogP contribution in [0.4, 0.5) is 14.5 Å². The molecule has 0 saturated carbocycles. The molecule has 0 saturated heterocycles. The second kappa shape index (κ2) is 5.79. The molecule has 1 atom stereocenters. The minimum Gasteiger partial charge on any atom is -0.494 e. The highest BCUT2D eigenvalue weighted by molar-refractivity contribution is 5.50. The summed E-state index contributed by atoms with van der Waals surface area (Å²) in [7, 11) is 2.91. The summed E-state index contributed by atoms with van der Waals surface area (Å²) in [4.78, 5) is 1.52. The van der Waals surface area contributed by atoms with Gasteiger partial charge < -0.3 is 21.1 Å². The average molecular weight is 245 g/mol. The van der Waals surface area contributed by atoms with Gasteiger partial charge in [0.25, 0.3) is 0 Å². The van der Waals surface area contributed by atoms with E-state index >= 15 is 0 Å². The van der Waals surface area contributed by atoms with Gasteiger partial charge >= 0.3 is 0 Å². The Morgan fingerprint density at radius 3 is 2.53 bits per heavy atom. The van der Waals surface area contributed by atoms with Gasteiger partial charge in [-0.2, -0.15) is 0 Å². The van der Waals surface area contributed by atoms with Crippen molar-refractivity contribution in [2.24, 2.45) is 11.5 Å². The topological polar surface area (TPSA) is 64.5 Å². The van der Waals surface area contributed by atoms with Gasteiger partial charge in [-0.15, -0.1) is 0 Å². The highest BCUT2D eigenvalue weighted by Gasteiger charge is 2.15. The monoisotopic (exact) mass is 245 g/mol. The third kappa shape index (κ3) is 3.28. The van der Waals surface area contributed by atoms with E-state index in [9.17, 15) is 8.78 Å². The van der Waals surface area contributed by atoms with Gasteiger partial charge in [-0.1, -0.05) is 0 Å². The lowest BCUT2D eigenvalue weighted by Gasteiger charge is -2.23. The quantitative estimate of drug-likeness (QED) is 0.801. The van der Waals surface area contributed by atoms with Crippen LogP contribution in [0, 0.1) is 11.6 Å². The van der Waals surface area contributed by atoms with Crippen LogP contribution < -0.4 is 21.1 Å². The number of ether oxygens (including phenoxy) is 1. The fraction of sp³-hybridized carbons (Fsp3) is 0.455. The lowest BCUT2D eigenvalue weighted by Crippen LogP contribution is -2.40. The molecule has 17 heavy (non-hydrogen) atoms.